The van der Waals surface area contributed by atoms with Crippen LogP contribution in [0.1, 0.15) is 0 Å². The van der Waals surface area contributed by atoms with Gasteiger partial charge in [0.05, 0.1) is 17.0 Å². The molecule has 0 aliphatic carbocycles. The average molecular weight is 328 g/mol. The Kier molecular flexibility index (Phi) is 3.71. The Balaban J connectivity index is 1.94. The number of aromatic nitrogens is 2. The maximum atomic E-state index is 10.2. The van der Waals surface area contributed by atoms with E-state index in [1.165, 1.54) is 6.07 Å². The average Bonchev–Trinajstić information content (AvgIpc) is 3.10. The zero-order valence-corrected chi connectivity index (χ0v) is 13.3. The van der Waals surface area contributed by atoms with E-state index < -0.39 is 0 Å². The highest BCUT2D eigenvalue weighted by Gasteiger charge is 2.17. The summed E-state index contributed by atoms with van der Waals surface area (Å²) in [4.78, 5) is 8.00. The van der Waals surface area contributed by atoms with Crippen LogP contribution in [0.4, 0.5) is 0 Å². The Labute approximate surface area is 145 Å². The molecule has 3 aromatic carbocycles. The van der Waals surface area contributed by atoms with E-state index in [4.69, 9.17) is 4.98 Å². The number of para-hydroxylation sites is 1. The Morgan fingerprint density at radius 2 is 1.32 bits per heavy atom. The monoisotopic (exact) mass is 328 g/mol. The number of rotatable bonds is 3. The first-order valence-electron chi connectivity index (χ1n) is 7.96. The lowest BCUT2D eigenvalue weighted by molar-refractivity contribution is 0.405. The molecule has 0 aliphatic heterocycles. The molecule has 1 aromatic heterocycles. The second-order valence-electron chi connectivity index (χ2n) is 5.71. The van der Waals surface area contributed by atoms with Crippen molar-refractivity contribution in [2.24, 2.45) is 0 Å². The van der Waals surface area contributed by atoms with E-state index in [1.807, 2.05) is 60.7 Å². The fourth-order valence-electron chi connectivity index (χ4n) is 2.84. The van der Waals surface area contributed by atoms with Gasteiger partial charge in [0.1, 0.15) is 5.82 Å². The highest BCUT2D eigenvalue weighted by Crippen LogP contribution is 2.38. The highest BCUT2D eigenvalue weighted by atomic mass is 16.3. The zero-order valence-electron chi connectivity index (χ0n) is 13.3. The summed E-state index contributed by atoms with van der Waals surface area (Å²) in [6.07, 6.45) is 0. The first-order valence-corrected chi connectivity index (χ1v) is 7.96. The predicted octanol–water partition coefficient (Wildman–Crippen LogP) is 4.82. The van der Waals surface area contributed by atoms with Gasteiger partial charge in [0.15, 0.2) is 11.5 Å². The molecule has 0 fully saturated rings. The normalized spacial score (nSPS) is 10.7. The molecule has 25 heavy (non-hydrogen) atoms. The molecule has 0 atom stereocenters. The number of H-pyrrole nitrogens is 1. The SMILES string of the molecule is Oc1cccc(-c2nc(-c3ccccc3)c(-c3ccccc3)[nH]2)c1O. The molecule has 1 heterocycles. The van der Waals surface area contributed by atoms with Gasteiger partial charge in [-0.05, 0) is 12.1 Å². The van der Waals surface area contributed by atoms with Crippen molar-refractivity contribution in [3.05, 3.63) is 78.9 Å². The van der Waals surface area contributed by atoms with Crippen molar-refractivity contribution in [1.29, 1.82) is 0 Å². The summed E-state index contributed by atoms with van der Waals surface area (Å²) in [6, 6.07) is 24.6. The summed E-state index contributed by atoms with van der Waals surface area (Å²) >= 11 is 0. The number of aromatic amines is 1. The second-order valence-corrected chi connectivity index (χ2v) is 5.71. The van der Waals surface area contributed by atoms with Gasteiger partial charge >= 0.3 is 0 Å². The molecule has 122 valence electrons. The maximum absolute atomic E-state index is 10.2. The third-order valence-electron chi connectivity index (χ3n) is 4.08. The second kappa shape index (κ2) is 6.17. The Bertz CT molecular complexity index is 952. The van der Waals surface area contributed by atoms with E-state index in [0.717, 1.165) is 22.5 Å². The zero-order chi connectivity index (χ0) is 17.2. The Morgan fingerprint density at radius 3 is 2.00 bits per heavy atom. The van der Waals surface area contributed by atoms with Gasteiger partial charge in [-0.3, -0.25) is 0 Å². The van der Waals surface area contributed by atoms with Gasteiger partial charge in [-0.15, -0.1) is 0 Å². The van der Waals surface area contributed by atoms with Gasteiger partial charge in [0.2, 0.25) is 0 Å². The molecule has 4 nitrogen and oxygen atoms in total. The van der Waals surface area contributed by atoms with Crippen molar-refractivity contribution in [3.8, 4) is 45.4 Å². The summed E-state index contributed by atoms with van der Waals surface area (Å²) < 4.78 is 0. The lowest BCUT2D eigenvalue weighted by Crippen LogP contribution is -1.82. The van der Waals surface area contributed by atoms with Crippen LogP contribution in [0.2, 0.25) is 0 Å². The number of imidazole rings is 1. The Morgan fingerprint density at radius 1 is 0.680 bits per heavy atom. The number of hydrogen-bond acceptors (Lipinski definition) is 3. The minimum atomic E-state index is -0.185. The number of hydrogen-bond donors (Lipinski definition) is 3. The molecule has 0 unspecified atom stereocenters. The van der Waals surface area contributed by atoms with Crippen LogP contribution in [0, 0.1) is 0 Å². The van der Waals surface area contributed by atoms with E-state index in [1.54, 1.807) is 12.1 Å². The van der Waals surface area contributed by atoms with Crippen molar-refractivity contribution in [2.45, 2.75) is 0 Å². The Hall–Kier alpha value is -3.53. The first kappa shape index (κ1) is 15.0. The largest absolute Gasteiger partial charge is 0.504 e. The van der Waals surface area contributed by atoms with Gasteiger partial charge in [0, 0.05) is 11.1 Å². The highest BCUT2D eigenvalue weighted by molar-refractivity contribution is 5.82. The lowest BCUT2D eigenvalue weighted by Gasteiger charge is -2.03. The standard InChI is InChI=1S/C21H16N2O2/c24-17-13-7-12-16(20(17)25)21-22-18(14-8-3-1-4-9-14)19(23-21)15-10-5-2-6-11-15/h1-13,24-25H,(H,22,23). The molecule has 4 rings (SSSR count). The molecule has 0 bridgehead atoms. The summed E-state index contributed by atoms with van der Waals surface area (Å²) in [5, 5.41) is 20.0. The van der Waals surface area contributed by atoms with Crippen LogP contribution < -0.4 is 0 Å². The van der Waals surface area contributed by atoms with E-state index in [0.29, 0.717) is 11.4 Å². The van der Waals surface area contributed by atoms with Crippen molar-refractivity contribution in [3.63, 3.8) is 0 Å². The third-order valence-corrected chi connectivity index (χ3v) is 4.08. The first-order chi connectivity index (χ1) is 12.2. The number of phenols is 2. The number of nitrogens with one attached hydrogen (secondary N) is 1. The minimum absolute atomic E-state index is 0.170. The lowest BCUT2D eigenvalue weighted by atomic mass is 10.1. The van der Waals surface area contributed by atoms with Gasteiger partial charge < -0.3 is 15.2 Å². The fraction of sp³-hybridized carbons (Fsp3) is 0. The predicted molar refractivity (Wildman–Crippen MR) is 98.2 cm³/mol. The topological polar surface area (TPSA) is 69.1 Å². The van der Waals surface area contributed by atoms with E-state index in [-0.39, 0.29) is 11.5 Å². The molecular formula is C21H16N2O2. The van der Waals surface area contributed by atoms with Crippen LogP contribution >= 0.6 is 0 Å². The number of phenolic OH excluding ortho intramolecular Hbond substituents is 2. The molecule has 0 spiro atoms. The minimum Gasteiger partial charge on any atom is -0.504 e. The summed E-state index contributed by atoms with van der Waals surface area (Å²) in [5.74, 6) is 0.151. The van der Waals surface area contributed by atoms with E-state index in [2.05, 4.69) is 4.98 Å². The van der Waals surface area contributed by atoms with Gasteiger partial charge in [0.25, 0.3) is 0 Å². The van der Waals surface area contributed by atoms with E-state index >= 15 is 0 Å². The van der Waals surface area contributed by atoms with Gasteiger partial charge in [-0.25, -0.2) is 4.98 Å². The molecule has 4 aromatic rings. The summed E-state index contributed by atoms with van der Waals surface area (Å²) in [5.41, 5.74) is 4.09. The van der Waals surface area contributed by atoms with Crippen molar-refractivity contribution >= 4 is 0 Å². The van der Waals surface area contributed by atoms with Crippen molar-refractivity contribution in [1.82, 2.24) is 9.97 Å². The van der Waals surface area contributed by atoms with E-state index in [9.17, 15) is 10.2 Å². The molecule has 0 saturated heterocycles. The van der Waals surface area contributed by atoms with Crippen molar-refractivity contribution < 1.29 is 10.2 Å². The van der Waals surface area contributed by atoms with Crippen LogP contribution in [-0.4, -0.2) is 20.2 Å². The molecule has 0 aliphatic rings. The molecule has 3 N–H and O–H groups in total. The van der Waals surface area contributed by atoms with Crippen LogP contribution in [0.15, 0.2) is 78.9 Å². The fourth-order valence-corrected chi connectivity index (χ4v) is 2.84. The maximum Gasteiger partial charge on any atom is 0.168 e. The quantitative estimate of drug-likeness (QED) is 0.472. The van der Waals surface area contributed by atoms with Crippen LogP contribution in [0.3, 0.4) is 0 Å². The molecule has 0 saturated carbocycles. The van der Waals surface area contributed by atoms with Crippen LogP contribution in [-0.2, 0) is 0 Å². The van der Waals surface area contributed by atoms with Gasteiger partial charge in [-0.1, -0.05) is 66.7 Å². The number of benzene rings is 3. The number of aromatic hydroxyl groups is 2. The number of nitrogens with zero attached hydrogens (tertiary/aromatic N) is 1. The third kappa shape index (κ3) is 2.74. The van der Waals surface area contributed by atoms with Gasteiger partial charge in [-0.2, -0.15) is 0 Å². The van der Waals surface area contributed by atoms with Crippen LogP contribution in [0.5, 0.6) is 11.5 Å². The van der Waals surface area contributed by atoms with Crippen LogP contribution in [0.25, 0.3) is 33.9 Å². The molecule has 0 amide bonds. The summed E-state index contributed by atoms with van der Waals surface area (Å²) in [7, 11) is 0. The van der Waals surface area contributed by atoms with Crippen molar-refractivity contribution in [2.75, 3.05) is 0 Å². The molecule has 4 heteroatoms. The molecular weight excluding hydrogens is 312 g/mol. The summed E-state index contributed by atoms with van der Waals surface area (Å²) in [6.45, 7) is 0. The smallest absolute Gasteiger partial charge is 0.168 e. The molecule has 0 radical (unpaired) electrons.